The molecule has 2 aromatic rings. The van der Waals surface area contributed by atoms with Gasteiger partial charge in [-0.15, -0.1) is 12.4 Å². The molecular weight excluding hydrogens is 412 g/mol. The van der Waals surface area contributed by atoms with E-state index in [1.807, 2.05) is 0 Å². The average Bonchev–Trinajstić information content (AvgIpc) is 2.67. The van der Waals surface area contributed by atoms with Crippen LogP contribution < -0.4 is 16.2 Å². The lowest BCUT2D eigenvalue weighted by atomic mass is 10.1. The Kier molecular flexibility index (Phi) is 9.31. The van der Waals surface area contributed by atoms with Gasteiger partial charge in [0, 0.05) is 14.1 Å². The van der Waals surface area contributed by atoms with Crippen LogP contribution in [-0.2, 0) is 20.7 Å². The molecule has 0 bridgehead atoms. The summed E-state index contributed by atoms with van der Waals surface area (Å²) in [5.41, 5.74) is 12.1. The Morgan fingerprint density at radius 3 is 2.10 bits per heavy atom. The smallest absolute Gasteiger partial charge is 0.343 e. The molecule has 0 aliphatic heterocycles. The normalized spacial score (nSPS) is 9.67. The number of carbonyl (C=O) groups excluding carboxylic acids is 3. The molecule has 0 spiro atoms. The van der Waals surface area contributed by atoms with Crippen LogP contribution in [0.4, 0.5) is 5.69 Å². The van der Waals surface area contributed by atoms with Gasteiger partial charge in [0.25, 0.3) is 5.91 Å². The van der Waals surface area contributed by atoms with Crippen molar-refractivity contribution in [2.45, 2.75) is 6.42 Å². The zero-order valence-corrected chi connectivity index (χ0v) is 17.3. The van der Waals surface area contributed by atoms with Crippen LogP contribution in [0.1, 0.15) is 15.9 Å². The van der Waals surface area contributed by atoms with Gasteiger partial charge in [-0.25, -0.2) is 9.79 Å². The molecular formula is C20H23ClN4O5. The topological polar surface area (TPSA) is 137 Å². The molecule has 0 radical (unpaired) electrons. The number of nitrogens with two attached hydrogens (primary N) is 2. The number of benzene rings is 2. The molecule has 0 heterocycles. The minimum absolute atomic E-state index is 0. The molecule has 30 heavy (non-hydrogen) atoms. The molecule has 160 valence electrons. The molecule has 0 aromatic heterocycles. The zero-order chi connectivity index (χ0) is 21.4. The Morgan fingerprint density at radius 2 is 1.57 bits per heavy atom. The number of esters is 2. The molecule has 0 fully saturated rings. The fourth-order valence-corrected chi connectivity index (χ4v) is 2.15. The average molecular weight is 435 g/mol. The van der Waals surface area contributed by atoms with Gasteiger partial charge in [-0.1, -0.05) is 12.1 Å². The fraction of sp³-hybridized carbons (Fsp3) is 0.200. The van der Waals surface area contributed by atoms with Gasteiger partial charge in [0.2, 0.25) is 0 Å². The predicted molar refractivity (Wildman–Crippen MR) is 114 cm³/mol. The number of amides is 1. The molecule has 0 unspecified atom stereocenters. The molecule has 0 atom stereocenters. The SMILES string of the molecule is CN(C)C(=O)COC(=O)Cc1ccc(OC(=O)c2ccc(N=C(N)N)cc2)cc1.Cl. The largest absolute Gasteiger partial charge is 0.455 e. The first-order chi connectivity index (χ1) is 13.7. The lowest BCUT2D eigenvalue weighted by molar-refractivity contribution is -0.150. The molecule has 0 aliphatic carbocycles. The van der Waals surface area contributed by atoms with E-state index in [0.717, 1.165) is 0 Å². The zero-order valence-electron chi connectivity index (χ0n) is 16.5. The summed E-state index contributed by atoms with van der Waals surface area (Å²) in [6, 6.07) is 12.7. The van der Waals surface area contributed by atoms with Crippen molar-refractivity contribution < 1.29 is 23.9 Å². The van der Waals surface area contributed by atoms with Crippen molar-refractivity contribution in [3.05, 3.63) is 59.7 Å². The van der Waals surface area contributed by atoms with E-state index in [-0.39, 0.29) is 37.3 Å². The summed E-state index contributed by atoms with van der Waals surface area (Å²) >= 11 is 0. The summed E-state index contributed by atoms with van der Waals surface area (Å²) in [5, 5.41) is 0. The van der Waals surface area contributed by atoms with E-state index in [0.29, 0.717) is 22.6 Å². The van der Waals surface area contributed by atoms with Crippen LogP contribution in [0.25, 0.3) is 0 Å². The standard InChI is InChI=1S/C20H22N4O5.ClH/c1-24(2)17(25)12-28-18(26)11-13-3-9-16(10-4-13)29-19(27)14-5-7-15(8-6-14)23-20(21)22;/h3-10H,11-12H2,1-2H3,(H4,21,22,23);1H. The number of hydrogen-bond acceptors (Lipinski definition) is 6. The van der Waals surface area contributed by atoms with Crippen molar-refractivity contribution in [2.75, 3.05) is 20.7 Å². The Balaban J connectivity index is 0.00000450. The second-order valence-electron chi connectivity index (χ2n) is 6.24. The first kappa shape index (κ1) is 24.4. The van der Waals surface area contributed by atoms with Gasteiger partial charge in [-0.3, -0.25) is 9.59 Å². The highest BCUT2D eigenvalue weighted by Crippen LogP contribution is 2.17. The van der Waals surface area contributed by atoms with E-state index in [1.165, 1.54) is 4.90 Å². The monoisotopic (exact) mass is 434 g/mol. The molecule has 0 saturated heterocycles. The minimum Gasteiger partial charge on any atom is -0.455 e. The van der Waals surface area contributed by atoms with E-state index in [9.17, 15) is 14.4 Å². The second kappa shape index (κ2) is 11.4. The van der Waals surface area contributed by atoms with Gasteiger partial charge < -0.3 is 25.8 Å². The number of aliphatic imine (C=N–C) groups is 1. The lowest BCUT2D eigenvalue weighted by Crippen LogP contribution is -2.27. The van der Waals surface area contributed by atoms with E-state index in [2.05, 4.69) is 4.99 Å². The number of nitrogens with zero attached hydrogens (tertiary/aromatic N) is 2. The molecule has 4 N–H and O–H groups in total. The van der Waals surface area contributed by atoms with Gasteiger partial charge in [0.05, 0.1) is 17.7 Å². The predicted octanol–water partition coefficient (Wildman–Crippen LogP) is 1.41. The van der Waals surface area contributed by atoms with Crippen LogP contribution in [-0.4, -0.2) is 49.4 Å². The van der Waals surface area contributed by atoms with E-state index < -0.39 is 11.9 Å². The fourth-order valence-electron chi connectivity index (χ4n) is 2.15. The molecule has 2 rings (SSSR count). The van der Waals surface area contributed by atoms with Gasteiger partial charge in [0.15, 0.2) is 12.6 Å². The van der Waals surface area contributed by atoms with Crippen LogP contribution in [0.5, 0.6) is 5.75 Å². The number of halogens is 1. The van der Waals surface area contributed by atoms with Gasteiger partial charge in [-0.2, -0.15) is 0 Å². The molecule has 0 saturated carbocycles. The van der Waals surface area contributed by atoms with Gasteiger partial charge in [-0.05, 0) is 42.0 Å². The Bertz CT molecular complexity index is 908. The van der Waals surface area contributed by atoms with Crippen LogP contribution >= 0.6 is 12.4 Å². The highest BCUT2D eigenvalue weighted by atomic mass is 35.5. The maximum atomic E-state index is 12.2. The minimum atomic E-state index is -0.546. The van der Waals surface area contributed by atoms with Crippen LogP contribution in [0.3, 0.4) is 0 Å². The van der Waals surface area contributed by atoms with Crippen LogP contribution in [0.15, 0.2) is 53.5 Å². The van der Waals surface area contributed by atoms with E-state index in [4.69, 9.17) is 20.9 Å². The number of likely N-dealkylation sites (N-methyl/N-ethyl adjacent to an activating group) is 1. The number of carbonyl (C=O) groups is 3. The van der Waals surface area contributed by atoms with Crippen molar-refractivity contribution in [1.82, 2.24) is 4.90 Å². The molecule has 10 heteroatoms. The number of hydrogen-bond donors (Lipinski definition) is 2. The number of rotatable bonds is 7. The third kappa shape index (κ3) is 7.80. The third-order valence-corrected chi connectivity index (χ3v) is 3.70. The lowest BCUT2D eigenvalue weighted by Gasteiger charge is -2.10. The highest BCUT2D eigenvalue weighted by Gasteiger charge is 2.11. The van der Waals surface area contributed by atoms with Crippen LogP contribution in [0, 0.1) is 0 Å². The molecule has 9 nitrogen and oxygen atoms in total. The summed E-state index contributed by atoms with van der Waals surface area (Å²) in [6.07, 6.45) is 0.00118. The second-order valence-corrected chi connectivity index (χ2v) is 6.24. The first-order valence-electron chi connectivity index (χ1n) is 8.61. The summed E-state index contributed by atoms with van der Waals surface area (Å²) in [6.45, 7) is -0.302. The van der Waals surface area contributed by atoms with Crippen molar-refractivity contribution >= 4 is 41.9 Å². The maximum Gasteiger partial charge on any atom is 0.343 e. The van der Waals surface area contributed by atoms with Gasteiger partial charge in [0.1, 0.15) is 5.75 Å². The summed E-state index contributed by atoms with van der Waals surface area (Å²) < 4.78 is 10.2. The van der Waals surface area contributed by atoms with Crippen molar-refractivity contribution in [2.24, 2.45) is 16.5 Å². The van der Waals surface area contributed by atoms with Crippen molar-refractivity contribution in [3.8, 4) is 5.75 Å². The molecule has 1 amide bonds. The molecule has 2 aromatic carbocycles. The van der Waals surface area contributed by atoms with Crippen LogP contribution in [0.2, 0.25) is 0 Å². The first-order valence-corrected chi connectivity index (χ1v) is 8.61. The number of guanidine groups is 1. The van der Waals surface area contributed by atoms with Crippen molar-refractivity contribution in [1.29, 1.82) is 0 Å². The Morgan fingerprint density at radius 1 is 0.967 bits per heavy atom. The summed E-state index contributed by atoms with van der Waals surface area (Å²) in [4.78, 5) is 40.6. The number of ether oxygens (including phenoxy) is 2. The Hall–Kier alpha value is -3.59. The maximum absolute atomic E-state index is 12.2. The Labute approximate surface area is 180 Å². The quantitative estimate of drug-likeness (QED) is 0.291. The summed E-state index contributed by atoms with van der Waals surface area (Å²) in [7, 11) is 3.16. The van der Waals surface area contributed by atoms with E-state index in [1.54, 1.807) is 62.6 Å². The summed E-state index contributed by atoms with van der Waals surface area (Å²) in [5.74, 6) is -1.12. The van der Waals surface area contributed by atoms with Gasteiger partial charge >= 0.3 is 11.9 Å². The van der Waals surface area contributed by atoms with E-state index >= 15 is 0 Å². The van der Waals surface area contributed by atoms with Crippen molar-refractivity contribution in [3.63, 3.8) is 0 Å². The molecule has 0 aliphatic rings. The third-order valence-electron chi connectivity index (χ3n) is 3.70. The highest BCUT2D eigenvalue weighted by molar-refractivity contribution is 5.91.